The summed E-state index contributed by atoms with van der Waals surface area (Å²) in [4.78, 5) is 14.5. The molecule has 0 radical (unpaired) electrons. The lowest BCUT2D eigenvalue weighted by Gasteiger charge is -2.07. The van der Waals surface area contributed by atoms with Crippen molar-refractivity contribution >= 4 is 16.7 Å². The SMILES string of the molecule is O=C(O)CCNCc1cccc2cnccc12. The first-order valence-electron chi connectivity index (χ1n) is 5.51. The van der Waals surface area contributed by atoms with Crippen molar-refractivity contribution < 1.29 is 9.90 Å². The first kappa shape index (κ1) is 11.5. The van der Waals surface area contributed by atoms with Gasteiger partial charge >= 0.3 is 5.97 Å². The summed E-state index contributed by atoms with van der Waals surface area (Å²) < 4.78 is 0. The molecule has 2 aromatic rings. The van der Waals surface area contributed by atoms with Gasteiger partial charge in [-0.1, -0.05) is 18.2 Å². The molecular formula is C13H14N2O2. The number of rotatable bonds is 5. The third-order valence-electron chi connectivity index (χ3n) is 2.60. The standard InChI is InChI=1S/C13H14N2O2/c16-13(17)5-7-15-9-11-3-1-2-10-8-14-6-4-12(10)11/h1-4,6,8,15H,5,7,9H2,(H,16,17). The van der Waals surface area contributed by atoms with Crippen LogP contribution in [-0.4, -0.2) is 22.6 Å². The highest BCUT2D eigenvalue weighted by Gasteiger charge is 2.01. The Bertz CT molecular complexity index is 520. The fourth-order valence-corrected chi connectivity index (χ4v) is 1.76. The Hall–Kier alpha value is -1.94. The van der Waals surface area contributed by atoms with Gasteiger partial charge in [0.15, 0.2) is 0 Å². The minimum atomic E-state index is -0.778. The van der Waals surface area contributed by atoms with Crippen LogP contribution in [0.5, 0.6) is 0 Å². The zero-order valence-corrected chi connectivity index (χ0v) is 9.39. The maximum atomic E-state index is 10.4. The zero-order valence-electron chi connectivity index (χ0n) is 9.39. The molecule has 0 unspecified atom stereocenters. The van der Waals surface area contributed by atoms with E-state index in [1.807, 2.05) is 30.5 Å². The first-order chi connectivity index (χ1) is 8.27. The summed E-state index contributed by atoms with van der Waals surface area (Å²) in [6, 6.07) is 8.01. The average Bonchev–Trinajstić information content (AvgIpc) is 2.34. The molecule has 0 aliphatic carbocycles. The molecular weight excluding hydrogens is 216 g/mol. The molecule has 0 spiro atoms. The number of aliphatic carboxylic acids is 1. The Morgan fingerprint density at radius 3 is 3.06 bits per heavy atom. The van der Waals surface area contributed by atoms with Gasteiger partial charge in [-0.2, -0.15) is 0 Å². The summed E-state index contributed by atoms with van der Waals surface area (Å²) in [5, 5.41) is 13.9. The van der Waals surface area contributed by atoms with Crippen molar-refractivity contribution in [1.29, 1.82) is 0 Å². The van der Waals surface area contributed by atoms with Crippen LogP contribution in [-0.2, 0) is 11.3 Å². The molecule has 1 heterocycles. The maximum Gasteiger partial charge on any atom is 0.304 e. The molecule has 4 heteroatoms. The molecule has 0 atom stereocenters. The van der Waals surface area contributed by atoms with E-state index in [2.05, 4.69) is 10.3 Å². The summed E-state index contributed by atoms with van der Waals surface area (Å²) >= 11 is 0. The largest absolute Gasteiger partial charge is 0.481 e. The van der Waals surface area contributed by atoms with Gasteiger partial charge in [-0.25, -0.2) is 0 Å². The number of aromatic nitrogens is 1. The third-order valence-corrected chi connectivity index (χ3v) is 2.60. The van der Waals surface area contributed by atoms with Crippen LogP contribution in [0.2, 0.25) is 0 Å². The molecule has 2 rings (SSSR count). The number of hydrogen-bond acceptors (Lipinski definition) is 3. The summed E-state index contributed by atoms with van der Waals surface area (Å²) in [5.41, 5.74) is 1.16. The highest BCUT2D eigenvalue weighted by Crippen LogP contribution is 2.16. The summed E-state index contributed by atoms with van der Waals surface area (Å²) in [7, 11) is 0. The Morgan fingerprint density at radius 2 is 2.24 bits per heavy atom. The number of nitrogens with zero attached hydrogens (tertiary/aromatic N) is 1. The topological polar surface area (TPSA) is 62.2 Å². The van der Waals surface area contributed by atoms with Gasteiger partial charge in [-0.3, -0.25) is 9.78 Å². The number of carboxylic acid groups (broad SMARTS) is 1. The van der Waals surface area contributed by atoms with Crippen molar-refractivity contribution in [2.24, 2.45) is 0 Å². The third kappa shape index (κ3) is 3.01. The van der Waals surface area contributed by atoms with Crippen LogP contribution < -0.4 is 5.32 Å². The molecule has 0 amide bonds. The lowest BCUT2D eigenvalue weighted by Crippen LogP contribution is -2.17. The molecule has 4 nitrogen and oxygen atoms in total. The highest BCUT2D eigenvalue weighted by molar-refractivity contribution is 5.84. The monoisotopic (exact) mass is 230 g/mol. The van der Waals surface area contributed by atoms with Crippen molar-refractivity contribution in [2.45, 2.75) is 13.0 Å². The lowest BCUT2D eigenvalue weighted by molar-refractivity contribution is -0.136. The van der Waals surface area contributed by atoms with Crippen molar-refractivity contribution in [1.82, 2.24) is 10.3 Å². The second kappa shape index (κ2) is 5.41. The van der Waals surface area contributed by atoms with Crippen LogP contribution in [0, 0.1) is 0 Å². The number of carbonyl (C=O) groups is 1. The van der Waals surface area contributed by atoms with Crippen LogP contribution >= 0.6 is 0 Å². The van der Waals surface area contributed by atoms with E-state index in [4.69, 9.17) is 5.11 Å². The summed E-state index contributed by atoms with van der Waals surface area (Å²) in [6.07, 6.45) is 3.74. The van der Waals surface area contributed by atoms with E-state index in [0.717, 1.165) is 16.3 Å². The molecule has 0 saturated carbocycles. The number of nitrogens with one attached hydrogen (secondary N) is 1. The van der Waals surface area contributed by atoms with E-state index < -0.39 is 5.97 Å². The molecule has 0 bridgehead atoms. The van der Waals surface area contributed by atoms with Gasteiger partial charge in [-0.15, -0.1) is 0 Å². The Morgan fingerprint density at radius 1 is 1.35 bits per heavy atom. The van der Waals surface area contributed by atoms with Crippen molar-refractivity contribution in [3.63, 3.8) is 0 Å². The van der Waals surface area contributed by atoms with Crippen molar-refractivity contribution in [3.05, 3.63) is 42.2 Å². The van der Waals surface area contributed by atoms with Crippen molar-refractivity contribution in [3.8, 4) is 0 Å². The fourth-order valence-electron chi connectivity index (χ4n) is 1.76. The van der Waals surface area contributed by atoms with Gasteiger partial charge in [0.2, 0.25) is 0 Å². The zero-order chi connectivity index (χ0) is 12.1. The Labute approximate surface area is 99.3 Å². The minimum Gasteiger partial charge on any atom is -0.481 e. The molecule has 1 aromatic heterocycles. The molecule has 0 aliphatic heterocycles. The molecule has 0 aliphatic rings. The smallest absolute Gasteiger partial charge is 0.304 e. The summed E-state index contributed by atoms with van der Waals surface area (Å²) in [6.45, 7) is 1.16. The summed E-state index contributed by atoms with van der Waals surface area (Å²) in [5.74, 6) is -0.778. The normalized spacial score (nSPS) is 10.6. The van der Waals surface area contributed by atoms with E-state index in [1.165, 1.54) is 0 Å². The predicted octanol–water partition coefficient (Wildman–Crippen LogP) is 1.80. The molecule has 0 saturated heterocycles. The van der Waals surface area contributed by atoms with E-state index in [9.17, 15) is 4.79 Å². The Balaban J connectivity index is 2.05. The maximum absolute atomic E-state index is 10.4. The average molecular weight is 230 g/mol. The van der Waals surface area contributed by atoms with E-state index in [1.54, 1.807) is 6.20 Å². The van der Waals surface area contributed by atoms with Crippen molar-refractivity contribution in [2.75, 3.05) is 6.54 Å². The molecule has 88 valence electrons. The van der Waals surface area contributed by atoms with E-state index in [0.29, 0.717) is 13.1 Å². The van der Waals surface area contributed by atoms with Gasteiger partial charge in [0, 0.05) is 30.9 Å². The highest BCUT2D eigenvalue weighted by atomic mass is 16.4. The van der Waals surface area contributed by atoms with Crippen LogP contribution in [0.3, 0.4) is 0 Å². The molecule has 17 heavy (non-hydrogen) atoms. The van der Waals surface area contributed by atoms with Crippen LogP contribution in [0.4, 0.5) is 0 Å². The molecule has 0 fully saturated rings. The van der Waals surface area contributed by atoms with Gasteiger partial charge in [0.1, 0.15) is 0 Å². The number of benzene rings is 1. The lowest BCUT2D eigenvalue weighted by atomic mass is 10.1. The van der Waals surface area contributed by atoms with Crippen LogP contribution in [0.25, 0.3) is 10.8 Å². The number of hydrogen-bond donors (Lipinski definition) is 2. The van der Waals surface area contributed by atoms with Crippen LogP contribution in [0.1, 0.15) is 12.0 Å². The fraction of sp³-hybridized carbons (Fsp3) is 0.231. The second-order valence-electron chi connectivity index (χ2n) is 3.83. The predicted molar refractivity (Wildman–Crippen MR) is 65.7 cm³/mol. The van der Waals surface area contributed by atoms with Gasteiger partial charge in [-0.05, 0) is 17.0 Å². The van der Waals surface area contributed by atoms with Gasteiger partial charge in [0.05, 0.1) is 6.42 Å². The van der Waals surface area contributed by atoms with E-state index >= 15 is 0 Å². The number of pyridine rings is 1. The first-order valence-corrected chi connectivity index (χ1v) is 5.51. The number of fused-ring (bicyclic) bond motifs is 1. The van der Waals surface area contributed by atoms with Gasteiger partial charge in [0.25, 0.3) is 0 Å². The second-order valence-corrected chi connectivity index (χ2v) is 3.83. The van der Waals surface area contributed by atoms with E-state index in [-0.39, 0.29) is 6.42 Å². The molecule has 1 aromatic carbocycles. The Kier molecular flexibility index (Phi) is 3.67. The number of carboxylic acids is 1. The molecule has 2 N–H and O–H groups in total. The van der Waals surface area contributed by atoms with Gasteiger partial charge < -0.3 is 10.4 Å². The quantitative estimate of drug-likeness (QED) is 0.769. The minimum absolute atomic E-state index is 0.145. The van der Waals surface area contributed by atoms with Crippen LogP contribution in [0.15, 0.2) is 36.7 Å².